The fourth-order valence-electron chi connectivity index (χ4n) is 2.34. The van der Waals surface area contributed by atoms with Crippen LogP contribution < -0.4 is 5.32 Å². The lowest BCUT2D eigenvalue weighted by atomic mass is 10.2. The molecule has 1 saturated carbocycles. The minimum atomic E-state index is -0.0973. The van der Waals surface area contributed by atoms with Gasteiger partial charge in [-0.3, -0.25) is 9.59 Å². The molecule has 5 heteroatoms. The van der Waals surface area contributed by atoms with Crippen molar-refractivity contribution in [1.29, 1.82) is 0 Å². The first-order valence-corrected chi connectivity index (χ1v) is 6.29. The first kappa shape index (κ1) is 12.4. The molecule has 2 rings (SSSR count). The Morgan fingerprint density at radius 1 is 1.29 bits per heavy atom. The van der Waals surface area contributed by atoms with Crippen LogP contribution in [0.3, 0.4) is 0 Å². The Morgan fingerprint density at radius 3 is 2.65 bits per heavy atom. The molecule has 2 aliphatic rings. The van der Waals surface area contributed by atoms with Crippen molar-refractivity contribution in [3.63, 3.8) is 0 Å². The average molecular weight is 240 g/mol. The second-order valence-corrected chi connectivity index (χ2v) is 4.76. The monoisotopic (exact) mass is 240 g/mol. The molecule has 0 aromatic carbocycles. The predicted molar refractivity (Wildman–Crippen MR) is 62.3 cm³/mol. The lowest BCUT2D eigenvalue weighted by Crippen LogP contribution is -2.33. The van der Waals surface area contributed by atoms with Gasteiger partial charge in [0.25, 0.3) is 0 Å². The fraction of sp³-hybridized carbons (Fsp3) is 0.833. The number of amides is 2. The molecule has 1 heterocycles. The molecule has 2 unspecified atom stereocenters. The van der Waals surface area contributed by atoms with Crippen LogP contribution in [0.15, 0.2) is 0 Å². The minimum absolute atomic E-state index is 0.000373. The van der Waals surface area contributed by atoms with Crippen LogP contribution in [0.2, 0.25) is 0 Å². The molecule has 96 valence electrons. The summed E-state index contributed by atoms with van der Waals surface area (Å²) in [5, 5.41) is 2.79. The van der Waals surface area contributed by atoms with Crippen molar-refractivity contribution < 1.29 is 14.3 Å². The normalized spacial score (nSPS) is 27.0. The van der Waals surface area contributed by atoms with Gasteiger partial charge in [-0.1, -0.05) is 0 Å². The number of likely N-dealkylation sites (tertiary alicyclic amines) is 1. The molecular weight excluding hydrogens is 220 g/mol. The van der Waals surface area contributed by atoms with Gasteiger partial charge < -0.3 is 15.0 Å². The van der Waals surface area contributed by atoms with Crippen LogP contribution in [0.5, 0.6) is 0 Å². The van der Waals surface area contributed by atoms with Gasteiger partial charge in [0.2, 0.25) is 11.8 Å². The maximum absolute atomic E-state index is 12.0. The van der Waals surface area contributed by atoms with Crippen molar-refractivity contribution >= 4 is 11.8 Å². The largest absolute Gasteiger partial charge is 0.383 e. The highest BCUT2D eigenvalue weighted by Crippen LogP contribution is 2.40. The van der Waals surface area contributed by atoms with Gasteiger partial charge in [-0.05, 0) is 19.3 Å². The zero-order valence-electron chi connectivity index (χ0n) is 10.3. The molecule has 1 N–H and O–H groups in total. The third-order valence-corrected chi connectivity index (χ3v) is 3.47. The Bertz CT molecular complexity index is 300. The molecule has 0 bridgehead atoms. The van der Waals surface area contributed by atoms with Gasteiger partial charge in [0.1, 0.15) is 0 Å². The summed E-state index contributed by atoms with van der Waals surface area (Å²) in [4.78, 5) is 25.5. The van der Waals surface area contributed by atoms with E-state index in [9.17, 15) is 9.59 Å². The Balaban J connectivity index is 1.71. The number of carbonyl (C=O) groups excluding carboxylic acids is 2. The molecule has 0 radical (unpaired) electrons. The molecule has 0 aromatic heterocycles. The highest BCUT2D eigenvalue weighted by atomic mass is 16.5. The van der Waals surface area contributed by atoms with E-state index < -0.39 is 0 Å². The molecule has 5 nitrogen and oxygen atoms in total. The van der Waals surface area contributed by atoms with Gasteiger partial charge in [0.05, 0.1) is 18.4 Å². The lowest BCUT2D eigenvalue weighted by molar-refractivity contribution is -0.133. The zero-order chi connectivity index (χ0) is 12.3. The highest BCUT2D eigenvalue weighted by Gasteiger charge is 2.49. The quantitative estimate of drug-likeness (QED) is 0.689. The van der Waals surface area contributed by atoms with E-state index in [0.717, 1.165) is 25.9 Å². The summed E-state index contributed by atoms with van der Waals surface area (Å²) in [5.41, 5.74) is 0. The highest BCUT2D eigenvalue weighted by molar-refractivity contribution is 5.92. The molecule has 2 amide bonds. The van der Waals surface area contributed by atoms with E-state index >= 15 is 0 Å². The molecule has 2 atom stereocenters. The van der Waals surface area contributed by atoms with Gasteiger partial charge in [0, 0.05) is 26.7 Å². The van der Waals surface area contributed by atoms with Crippen LogP contribution >= 0.6 is 0 Å². The summed E-state index contributed by atoms with van der Waals surface area (Å²) < 4.78 is 4.86. The van der Waals surface area contributed by atoms with Crippen molar-refractivity contribution in [2.45, 2.75) is 19.3 Å². The first-order valence-electron chi connectivity index (χ1n) is 6.29. The Morgan fingerprint density at radius 2 is 2.00 bits per heavy atom. The van der Waals surface area contributed by atoms with Gasteiger partial charge in [-0.2, -0.15) is 0 Å². The van der Waals surface area contributed by atoms with E-state index in [-0.39, 0.29) is 23.7 Å². The van der Waals surface area contributed by atoms with Crippen LogP contribution in [-0.2, 0) is 14.3 Å². The average Bonchev–Trinajstić information content (AvgIpc) is 2.94. The van der Waals surface area contributed by atoms with Crippen molar-refractivity contribution in [2.75, 3.05) is 33.4 Å². The van der Waals surface area contributed by atoms with Crippen molar-refractivity contribution in [1.82, 2.24) is 10.2 Å². The number of methoxy groups -OCH3 is 1. The van der Waals surface area contributed by atoms with Crippen LogP contribution in [0.4, 0.5) is 0 Å². The summed E-state index contributed by atoms with van der Waals surface area (Å²) in [5.74, 6) is 0.0181. The van der Waals surface area contributed by atoms with Crippen LogP contribution in [0.1, 0.15) is 19.3 Å². The maximum atomic E-state index is 12.0. The number of nitrogens with one attached hydrogen (secondary N) is 1. The summed E-state index contributed by atoms with van der Waals surface area (Å²) in [7, 11) is 1.60. The standard InChI is InChI=1S/C12H20N2O3/c1-17-7-4-13-11(15)9-8-10(9)12(16)14-5-2-3-6-14/h9-10H,2-8H2,1H3,(H,13,15). The van der Waals surface area contributed by atoms with E-state index in [1.165, 1.54) is 0 Å². The van der Waals surface area contributed by atoms with Gasteiger partial charge in [-0.25, -0.2) is 0 Å². The van der Waals surface area contributed by atoms with Crippen molar-refractivity contribution in [2.24, 2.45) is 11.8 Å². The summed E-state index contributed by atoms with van der Waals surface area (Å²) >= 11 is 0. The molecule has 1 saturated heterocycles. The number of ether oxygens (including phenoxy) is 1. The number of nitrogens with zero attached hydrogens (tertiary/aromatic N) is 1. The van der Waals surface area contributed by atoms with Crippen LogP contribution in [0, 0.1) is 11.8 Å². The molecule has 1 aliphatic heterocycles. The molecular formula is C12H20N2O3. The SMILES string of the molecule is COCCNC(=O)C1CC1C(=O)N1CCCC1. The number of carbonyl (C=O) groups is 2. The maximum Gasteiger partial charge on any atom is 0.226 e. The van der Waals surface area contributed by atoms with E-state index in [1.54, 1.807) is 7.11 Å². The Kier molecular flexibility index (Phi) is 3.99. The van der Waals surface area contributed by atoms with E-state index in [4.69, 9.17) is 4.74 Å². The van der Waals surface area contributed by atoms with E-state index in [1.807, 2.05) is 4.90 Å². The smallest absolute Gasteiger partial charge is 0.226 e. The number of hydrogen-bond donors (Lipinski definition) is 1. The fourth-order valence-corrected chi connectivity index (χ4v) is 2.34. The van der Waals surface area contributed by atoms with Crippen molar-refractivity contribution in [3.8, 4) is 0 Å². The van der Waals surface area contributed by atoms with E-state index in [0.29, 0.717) is 19.6 Å². The third-order valence-electron chi connectivity index (χ3n) is 3.47. The predicted octanol–water partition coefficient (Wildman–Crippen LogP) is 0.00750. The lowest BCUT2D eigenvalue weighted by Gasteiger charge is -2.14. The van der Waals surface area contributed by atoms with Gasteiger partial charge in [-0.15, -0.1) is 0 Å². The van der Waals surface area contributed by atoms with Crippen LogP contribution in [0.25, 0.3) is 0 Å². The van der Waals surface area contributed by atoms with Gasteiger partial charge >= 0.3 is 0 Å². The molecule has 0 spiro atoms. The topological polar surface area (TPSA) is 58.6 Å². The number of rotatable bonds is 5. The summed E-state index contributed by atoms with van der Waals surface area (Å²) in [6.45, 7) is 2.78. The van der Waals surface area contributed by atoms with E-state index in [2.05, 4.69) is 5.32 Å². The van der Waals surface area contributed by atoms with Gasteiger partial charge in [0.15, 0.2) is 0 Å². The molecule has 17 heavy (non-hydrogen) atoms. The minimum Gasteiger partial charge on any atom is -0.383 e. The first-order chi connectivity index (χ1) is 8.24. The van der Waals surface area contributed by atoms with Crippen molar-refractivity contribution in [3.05, 3.63) is 0 Å². The molecule has 0 aromatic rings. The summed E-state index contributed by atoms with van der Waals surface area (Å²) in [6.07, 6.45) is 2.92. The zero-order valence-corrected chi connectivity index (χ0v) is 10.3. The number of hydrogen-bond acceptors (Lipinski definition) is 3. The summed E-state index contributed by atoms with van der Waals surface area (Å²) in [6, 6.07) is 0. The molecule has 1 aliphatic carbocycles. The Hall–Kier alpha value is -1.10. The second-order valence-electron chi connectivity index (χ2n) is 4.76. The third kappa shape index (κ3) is 2.97. The second kappa shape index (κ2) is 5.49. The Labute approximate surface area is 101 Å². The van der Waals surface area contributed by atoms with Crippen LogP contribution in [-0.4, -0.2) is 50.1 Å². The molecule has 2 fully saturated rings.